The van der Waals surface area contributed by atoms with E-state index in [4.69, 9.17) is 16.7 Å². The van der Waals surface area contributed by atoms with Crippen LogP contribution in [0, 0.1) is 0 Å². The highest BCUT2D eigenvalue weighted by Crippen LogP contribution is 2.31. The Morgan fingerprint density at radius 3 is 2.58 bits per heavy atom. The largest absolute Gasteiger partial charge is 0.478 e. The average Bonchev–Trinajstić information content (AvgIpc) is 2.71. The number of carboxylic acid groups (broad SMARTS) is 1. The van der Waals surface area contributed by atoms with Crippen LogP contribution in [0.1, 0.15) is 15.9 Å². The van der Waals surface area contributed by atoms with Gasteiger partial charge in [-0.25, -0.2) is 4.79 Å². The molecule has 0 unspecified atom stereocenters. The fraction of sp³-hybridized carbons (Fsp3) is 0.0769. The van der Waals surface area contributed by atoms with E-state index in [-0.39, 0.29) is 22.9 Å². The Balaban J connectivity index is 2.09. The molecule has 0 fully saturated rings. The lowest BCUT2D eigenvalue weighted by molar-refractivity contribution is -0.115. The van der Waals surface area contributed by atoms with E-state index >= 15 is 0 Å². The first-order valence-corrected chi connectivity index (χ1v) is 6.62. The van der Waals surface area contributed by atoms with Crippen LogP contribution in [0.25, 0.3) is 0 Å². The first kappa shape index (κ1) is 13.6. The summed E-state index contributed by atoms with van der Waals surface area (Å²) in [6, 6.07) is 10.5. The van der Waals surface area contributed by atoms with E-state index in [1.165, 1.54) is 6.07 Å². The Morgan fingerprint density at radius 2 is 1.95 bits per heavy atom. The summed E-state index contributed by atoms with van der Waals surface area (Å²) in [5.41, 5.74) is 0.871. The van der Waals surface area contributed by atoms with Gasteiger partial charge in [-0.05, 0) is 11.6 Å². The number of carbonyl (C=O) groups is 2. The lowest BCUT2D eigenvalue weighted by atomic mass is 10.1. The predicted molar refractivity (Wildman–Crippen MR) is 75.1 cm³/mol. The van der Waals surface area contributed by atoms with Crippen molar-refractivity contribution >= 4 is 39.8 Å². The van der Waals surface area contributed by atoms with Gasteiger partial charge in [0, 0.05) is 0 Å². The van der Waals surface area contributed by atoms with Crippen molar-refractivity contribution in [3.8, 4) is 0 Å². The van der Waals surface area contributed by atoms with E-state index in [9.17, 15) is 9.59 Å². The van der Waals surface area contributed by atoms with Gasteiger partial charge in [0.25, 0.3) is 0 Å². The Morgan fingerprint density at radius 1 is 1.26 bits per heavy atom. The molecule has 0 saturated heterocycles. The van der Waals surface area contributed by atoms with Crippen molar-refractivity contribution in [2.45, 2.75) is 6.42 Å². The summed E-state index contributed by atoms with van der Waals surface area (Å²) in [6.07, 6.45) is 0.190. The van der Waals surface area contributed by atoms with Gasteiger partial charge >= 0.3 is 5.97 Å². The van der Waals surface area contributed by atoms with E-state index in [0.29, 0.717) is 4.34 Å². The standard InChI is InChI=1S/C13H10ClNO3S/c14-10-7-9(13(17)18)12(19-10)15-11(16)6-8-4-2-1-3-5-8/h1-5,7H,6H2,(H,15,16)(H,17,18). The van der Waals surface area contributed by atoms with Crippen LogP contribution in [0.5, 0.6) is 0 Å². The molecule has 0 radical (unpaired) electrons. The molecule has 0 spiro atoms. The number of carbonyl (C=O) groups excluding carboxylic acids is 1. The van der Waals surface area contributed by atoms with Gasteiger partial charge in [-0.2, -0.15) is 0 Å². The Labute approximate surface area is 118 Å². The summed E-state index contributed by atoms with van der Waals surface area (Å²) in [5, 5.41) is 11.8. The second-order valence-electron chi connectivity index (χ2n) is 3.81. The van der Waals surface area contributed by atoms with Crippen LogP contribution in [0.3, 0.4) is 0 Å². The number of halogens is 1. The molecule has 0 aliphatic heterocycles. The van der Waals surface area contributed by atoms with Crippen LogP contribution in [0.2, 0.25) is 4.34 Å². The van der Waals surface area contributed by atoms with Crippen LogP contribution in [0.4, 0.5) is 5.00 Å². The van der Waals surface area contributed by atoms with E-state index < -0.39 is 5.97 Å². The maximum absolute atomic E-state index is 11.8. The molecule has 1 heterocycles. The summed E-state index contributed by atoms with van der Waals surface area (Å²) in [7, 11) is 0. The van der Waals surface area contributed by atoms with Crippen LogP contribution in [-0.2, 0) is 11.2 Å². The molecule has 0 bridgehead atoms. The van der Waals surface area contributed by atoms with Crippen LogP contribution in [-0.4, -0.2) is 17.0 Å². The summed E-state index contributed by atoms with van der Waals surface area (Å²) in [6.45, 7) is 0. The number of hydrogen-bond donors (Lipinski definition) is 2. The van der Waals surface area contributed by atoms with Crippen molar-refractivity contribution in [2.75, 3.05) is 5.32 Å². The highest BCUT2D eigenvalue weighted by Gasteiger charge is 2.16. The fourth-order valence-electron chi connectivity index (χ4n) is 1.56. The van der Waals surface area contributed by atoms with Gasteiger partial charge in [0.05, 0.1) is 16.3 Å². The Bertz CT molecular complexity index is 610. The van der Waals surface area contributed by atoms with Gasteiger partial charge in [-0.15, -0.1) is 11.3 Å². The van der Waals surface area contributed by atoms with Crippen molar-refractivity contribution in [3.05, 3.63) is 51.9 Å². The number of nitrogens with one attached hydrogen (secondary N) is 1. The topological polar surface area (TPSA) is 66.4 Å². The van der Waals surface area contributed by atoms with E-state index in [1.807, 2.05) is 30.3 Å². The number of aromatic carboxylic acids is 1. The predicted octanol–water partition coefficient (Wildman–Crippen LogP) is 3.28. The van der Waals surface area contributed by atoms with Crippen molar-refractivity contribution in [1.82, 2.24) is 0 Å². The minimum atomic E-state index is -1.11. The minimum Gasteiger partial charge on any atom is -0.478 e. The van der Waals surface area contributed by atoms with Crippen LogP contribution in [0.15, 0.2) is 36.4 Å². The van der Waals surface area contributed by atoms with E-state index in [0.717, 1.165) is 16.9 Å². The van der Waals surface area contributed by atoms with E-state index in [1.54, 1.807) is 0 Å². The van der Waals surface area contributed by atoms with Gasteiger partial charge < -0.3 is 10.4 Å². The molecular weight excluding hydrogens is 286 g/mol. The van der Waals surface area contributed by atoms with Gasteiger partial charge in [0.1, 0.15) is 5.00 Å². The van der Waals surface area contributed by atoms with Crippen molar-refractivity contribution in [1.29, 1.82) is 0 Å². The maximum Gasteiger partial charge on any atom is 0.338 e. The molecule has 0 aliphatic carbocycles. The monoisotopic (exact) mass is 295 g/mol. The molecule has 19 heavy (non-hydrogen) atoms. The molecule has 2 rings (SSSR count). The molecule has 1 amide bonds. The lowest BCUT2D eigenvalue weighted by Gasteiger charge is -2.04. The smallest absolute Gasteiger partial charge is 0.338 e. The molecular formula is C13H10ClNO3S. The molecule has 0 atom stereocenters. The maximum atomic E-state index is 11.8. The zero-order valence-electron chi connectivity index (χ0n) is 9.72. The highest BCUT2D eigenvalue weighted by atomic mass is 35.5. The number of benzene rings is 1. The third kappa shape index (κ3) is 3.56. The first-order valence-electron chi connectivity index (χ1n) is 5.42. The van der Waals surface area contributed by atoms with Gasteiger partial charge in [-0.3, -0.25) is 4.79 Å². The average molecular weight is 296 g/mol. The number of thiophene rings is 1. The third-order valence-electron chi connectivity index (χ3n) is 2.39. The minimum absolute atomic E-state index is 0.0106. The zero-order chi connectivity index (χ0) is 13.8. The number of hydrogen-bond acceptors (Lipinski definition) is 3. The summed E-state index contributed by atoms with van der Waals surface area (Å²) in [4.78, 5) is 22.8. The van der Waals surface area contributed by atoms with Gasteiger partial charge in [0.15, 0.2) is 0 Å². The molecule has 2 aromatic rings. The molecule has 0 saturated carbocycles. The summed E-state index contributed by atoms with van der Waals surface area (Å²) in [5.74, 6) is -1.38. The molecule has 1 aromatic carbocycles. The fourth-order valence-corrected chi connectivity index (χ4v) is 2.70. The molecule has 0 aliphatic rings. The first-order chi connectivity index (χ1) is 9.06. The Kier molecular flexibility index (Phi) is 4.19. The molecule has 2 N–H and O–H groups in total. The second-order valence-corrected chi connectivity index (χ2v) is 5.49. The van der Waals surface area contributed by atoms with Crippen molar-refractivity contribution in [3.63, 3.8) is 0 Å². The zero-order valence-corrected chi connectivity index (χ0v) is 11.3. The number of rotatable bonds is 4. The van der Waals surface area contributed by atoms with Crippen molar-refractivity contribution in [2.24, 2.45) is 0 Å². The SMILES string of the molecule is O=C(Cc1ccccc1)Nc1sc(Cl)cc1C(=O)O. The second kappa shape index (κ2) is 5.86. The third-order valence-corrected chi connectivity index (χ3v) is 3.57. The van der Waals surface area contributed by atoms with Crippen LogP contribution >= 0.6 is 22.9 Å². The van der Waals surface area contributed by atoms with Crippen LogP contribution < -0.4 is 5.32 Å². The number of carboxylic acids is 1. The molecule has 1 aromatic heterocycles. The molecule has 98 valence electrons. The normalized spacial score (nSPS) is 10.2. The quantitative estimate of drug-likeness (QED) is 0.909. The Hall–Kier alpha value is -1.85. The van der Waals surface area contributed by atoms with Gasteiger partial charge in [-0.1, -0.05) is 41.9 Å². The molecule has 6 heteroatoms. The summed E-state index contributed by atoms with van der Waals surface area (Å²) >= 11 is 6.79. The molecule has 4 nitrogen and oxygen atoms in total. The number of amides is 1. The van der Waals surface area contributed by atoms with Gasteiger partial charge in [0.2, 0.25) is 5.91 Å². The van der Waals surface area contributed by atoms with Crippen molar-refractivity contribution < 1.29 is 14.7 Å². The van der Waals surface area contributed by atoms with E-state index in [2.05, 4.69) is 5.32 Å². The highest BCUT2D eigenvalue weighted by molar-refractivity contribution is 7.20. The number of anilines is 1. The summed E-state index contributed by atoms with van der Waals surface area (Å²) < 4.78 is 0.326. The lowest BCUT2D eigenvalue weighted by Crippen LogP contribution is -2.15.